The van der Waals surface area contributed by atoms with Crippen LogP contribution in [0.2, 0.25) is 0 Å². The molecule has 0 aliphatic heterocycles. The molecule has 72 valence electrons. The van der Waals surface area contributed by atoms with Gasteiger partial charge in [0.2, 0.25) is 5.78 Å². The number of hydrogen-bond acceptors (Lipinski definition) is 3. The lowest BCUT2D eigenvalue weighted by molar-refractivity contribution is 0.0969. The van der Waals surface area contributed by atoms with Gasteiger partial charge in [0.25, 0.3) is 0 Å². The van der Waals surface area contributed by atoms with Crippen LogP contribution in [-0.2, 0) is 7.05 Å². The molecule has 0 N–H and O–H groups in total. The minimum atomic E-state index is -0.0999. The van der Waals surface area contributed by atoms with E-state index in [9.17, 15) is 9.59 Å². The van der Waals surface area contributed by atoms with E-state index in [4.69, 9.17) is 0 Å². The van der Waals surface area contributed by atoms with Gasteiger partial charge < -0.3 is 0 Å². The fraction of sp³-hybridized carbons (Fsp3) is 0.300. The van der Waals surface area contributed by atoms with Crippen LogP contribution in [0.4, 0.5) is 0 Å². The third-order valence-corrected chi connectivity index (χ3v) is 2.64. The van der Waals surface area contributed by atoms with Gasteiger partial charge in [-0.1, -0.05) is 0 Å². The maximum atomic E-state index is 11.8. The van der Waals surface area contributed by atoms with Gasteiger partial charge in [0.1, 0.15) is 5.69 Å². The summed E-state index contributed by atoms with van der Waals surface area (Å²) in [6.45, 7) is 3.34. The second-order valence-corrected chi connectivity index (χ2v) is 3.44. The van der Waals surface area contributed by atoms with E-state index in [1.54, 1.807) is 20.9 Å². The molecule has 0 saturated heterocycles. The zero-order valence-electron chi connectivity index (χ0n) is 8.29. The molecule has 0 radical (unpaired) electrons. The van der Waals surface area contributed by atoms with Crippen molar-refractivity contribution in [2.75, 3.05) is 0 Å². The predicted octanol–water partition coefficient (Wildman–Crippen LogP) is 1.14. The van der Waals surface area contributed by atoms with Gasteiger partial charge in [-0.2, -0.15) is 5.10 Å². The zero-order valence-corrected chi connectivity index (χ0v) is 8.29. The average Bonchev–Trinajstić information content (AvgIpc) is 2.54. The predicted molar refractivity (Wildman–Crippen MR) is 50.2 cm³/mol. The third-order valence-electron chi connectivity index (χ3n) is 2.64. The Morgan fingerprint density at radius 2 is 1.71 bits per heavy atom. The van der Waals surface area contributed by atoms with Gasteiger partial charge >= 0.3 is 0 Å². The minimum absolute atomic E-state index is 0.0924. The Hall–Kier alpha value is -1.71. The lowest BCUT2D eigenvalue weighted by Crippen LogP contribution is -2.20. The largest absolute Gasteiger partial charge is 0.289 e. The van der Waals surface area contributed by atoms with Gasteiger partial charge in [-0.05, 0) is 13.8 Å². The Morgan fingerprint density at radius 3 is 2.36 bits per heavy atom. The summed E-state index contributed by atoms with van der Waals surface area (Å²) in [5.41, 5.74) is 1.86. The van der Waals surface area contributed by atoms with Crippen molar-refractivity contribution in [1.29, 1.82) is 0 Å². The standard InChI is InChI=1S/C10H10N2O2/c1-5-6(2)10(14)8-7(9(5)13)4-11-12(8)3/h4H,1-3H3. The van der Waals surface area contributed by atoms with Crippen LogP contribution < -0.4 is 0 Å². The molecule has 1 aromatic rings. The maximum Gasteiger partial charge on any atom is 0.207 e. The molecule has 14 heavy (non-hydrogen) atoms. The van der Waals surface area contributed by atoms with Gasteiger partial charge in [-0.25, -0.2) is 0 Å². The zero-order chi connectivity index (χ0) is 10.5. The lowest BCUT2D eigenvalue weighted by Gasteiger charge is -2.13. The molecule has 0 aromatic carbocycles. The Kier molecular flexibility index (Phi) is 1.67. The highest BCUT2D eigenvalue weighted by molar-refractivity contribution is 6.25. The third kappa shape index (κ3) is 0.907. The molecule has 2 rings (SSSR count). The van der Waals surface area contributed by atoms with E-state index in [2.05, 4.69) is 5.10 Å². The summed E-state index contributed by atoms with van der Waals surface area (Å²) in [7, 11) is 1.66. The molecule has 0 bridgehead atoms. The van der Waals surface area contributed by atoms with Crippen LogP contribution in [0, 0.1) is 0 Å². The Labute approximate surface area is 81.2 Å². The number of aromatic nitrogens is 2. The summed E-state index contributed by atoms with van der Waals surface area (Å²) in [5.74, 6) is -0.192. The Morgan fingerprint density at radius 1 is 1.14 bits per heavy atom. The molecule has 4 heteroatoms. The van der Waals surface area contributed by atoms with Crippen molar-refractivity contribution in [3.63, 3.8) is 0 Å². The van der Waals surface area contributed by atoms with E-state index < -0.39 is 0 Å². The number of carbonyl (C=O) groups is 2. The normalized spacial score (nSPS) is 16.2. The van der Waals surface area contributed by atoms with Crippen LogP contribution in [0.1, 0.15) is 34.7 Å². The monoisotopic (exact) mass is 190 g/mol. The fourth-order valence-corrected chi connectivity index (χ4v) is 1.59. The number of rotatable bonds is 0. The van der Waals surface area contributed by atoms with Gasteiger partial charge in [0.05, 0.1) is 11.8 Å². The van der Waals surface area contributed by atoms with E-state index in [-0.39, 0.29) is 11.6 Å². The second-order valence-electron chi connectivity index (χ2n) is 3.44. The van der Waals surface area contributed by atoms with Crippen LogP contribution >= 0.6 is 0 Å². The number of Topliss-reactive ketones (excluding diaryl/α,β-unsaturated/α-hetero) is 2. The first kappa shape index (κ1) is 8.87. The molecule has 0 saturated carbocycles. The number of allylic oxidation sites excluding steroid dienone is 2. The fourth-order valence-electron chi connectivity index (χ4n) is 1.59. The molecule has 1 heterocycles. The van der Waals surface area contributed by atoms with Gasteiger partial charge in [0, 0.05) is 18.2 Å². The van der Waals surface area contributed by atoms with Crippen molar-refractivity contribution in [1.82, 2.24) is 9.78 Å². The summed E-state index contributed by atoms with van der Waals surface area (Å²) in [5, 5.41) is 3.92. The second kappa shape index (κ2) is 2.64. The van der Waals surface area contributed by atoms with E-state index in [1.807, 2.05) is 0 Å². The first-order valence-electron chi connectivity index (χ1n) is 4.33. The summed E-state index contributed by atoms with van der Waals surface area (Å²) in [6.07, 6.45) is 1.45. The minimum Gasteiger partial charge on any atom is -0.289 e. The first-order chi connectivity index (χ1) is 6.54. The Balaban J connectivity index is 2.75. The molecule has 0 spiro atoms. The quantitative estimate of drug-likeness (QED) is 0.616. The summed E-state index contributed by atoms with van der Waals surface area (Å²) in [6, 6.07) is 0. The highest BCUT2D eigenvalue weighted by Gasteiger charge is 2.30. The number of carbonyl (C=O) groups excluding carboxylic acids is 2. The molecule has 0 fully saturated rings. The van der Waals surface area contributed by atoms with Crippen LogP contribution in [0.5, 0.6) is 0 Å². The smallest absolute Gasteiger partial charge is 0.207 e. The molecule has 0 atom stereocenters. The lowest BCUT2D eigenvalue weighted by atomic mass is 9.90. The van der Waals surface area contributed by atoms with Crippen LogP contribution in [-0.4, -0.2) is 21.3 Å². The maximum absolute atomic E-state index is 11.8. The molecule has 0 unspecified atom stereocenters. The number of fused-ring (bicyclic) bond motifs is 1. The molecule has 4 nitrogen and oxygen atoms in total. The van der Waals surface area contributed by atoms with Gasteiger partial charge in [0.15, 0.2) is 5.78 Å². The molecular formula is C10H10N2O2. The SMILES string of the molecule is CC1=C(C)C(=O)c2c(cnn2C)C1=O. The summed E-state index contributed by atoms with van der Waals surface area (Å²) < 4.78 is 1.45. The van der Waals surface area contributed by atoms with Crippen molar-refractivity contribution in [3.05, 3.63) is 28.6 Å². The Bertz CT molecular complexity index is 480. The molecule has 1 aliphatic carbocycles. The van der Waals surface area contributed by atoms with Crippen LogP contribution in [0.15, 0.2) is 17.3 Å². The van der Waals surface area contributed by atoms with Crippen molar-refractivity contribution in [2.24, 2.45) is 7.05 Å². The highest BCUT2D eigenvalue weighted by atomic mass is 16.1. The van der Waals surface area contributed by atoms with Crippen molar-refractivity contribution in [3.8, 4) is 0 Å². The van der Waals surface area contributed by atoms with E-state index in [0.29, 0.717) is 22.4 Å². The number of hydrogen-bond donors (Lipinski definition) is 0. The number of ketones is 2. The number of nitrogens with zero attached hydrogens (tertiary/aromatic N) is 2. The van der Waals surface area contributed by atoms with Gasteiger partial charge in [-0.3, -0.25) is 14.3 Å². The first-order valence-corrected chi connectivity index (χ1v) is 4.33. The molecule has 0 amide bonds. The van der Waals surface area contributed by atoms with E-state index >= 15 is 0 Å². The summed E-state index contributed by atoms with van der Waals surface area (Å²) >= 11 is 0. The van der Waals surface area contributed by atoms with Crippen LogP contribution in [0.25, 0.3) is 0 Å². The summed E-state index contributed by atoms with van der Waals surface area (Å²) in [4.78, 5) is 23.5. The molecular weight excluding hydrogens is 180 g/mol. The van der Waals surface area contributed by atoms with Crippen LogP contribution in [0.3, 0.4) is 0 Å². The molecule has 1 aromatic heterocycles. The highest BCUT2D eigenvalue weighted by Crippen LogP contribution is 2.24. The molecule has 1 aliphatic rings. The van der Waals surface area contributed by atoms with E-state index in [1.165, 1.54) is 10.9 Å². The van der Waals surface area contributed by atoms with Crippen molar-refractivity contribution in [2.45, 2.75) is 13.8 Å². The van der Waals surface area contributed by atoms with E-state index in [0.717, 1.165) is 0 Å². The topological polar surface area (TPSA) is 52.0 Å². The van der Waals surface area contributed by atoms with Crippen molar-refractivity contribution >= 4 is 11.6 Å². The average molecular weight is 190 g/mol. The van der Waals surface area contributed by atoms with Gasteiger partial charge in [-0.15, -0.1) is 0 Å². The van der Waals surface area contributed by atoms with Crippen molar-refractivity contribution < 1.29 is 9.59 Å². The number of aryl methyl sites for hydroxylation is 1.